The first-order chi connectivity index (χ1) is 9.29. The minimum absolute atomic E-state index is 0.0678. The minimum atomic E-state index is 0.0678. The van der Waals surface area contributed by atoms with E-state index in [4.69, 9.17) is 4.74 Å². The van der Waals surface area contributed by atoms with Crippen molar-refractivity contribution in [3.05, 3.63) is 54.6 Å². The molecule has 0 unspecified atom stereocenters. The summed E-state index contributed by atoms with van der Waals surface area (Å²) in [6.07, 6.45) is 7.84. The lowest BCUT2D eigenvalue weighted by Gasteiger charge is -2.04. The van der Waals surface area contributed by atoms with Crippen LogP contribution in [0.3, 0.4) is 0 Å². The molecule has 1 heterocycles. The predicted molar refractivity (Wildman–Crippen MR) is 71.0 cm³/mol. The zero-order chi connectivity index (χ0) is 13.5. The molecular weight excluding hydrogens is 240 g/mol. The molecule has 0 spiro atoms. The maximum Gasteiger partial charge on any atom is 0.227 e. The summed E-state index contributed by atoms with van der Waals surface area (Å²) in [5.41, 5.74) is 0.688. The molecule has 0 saturated heterocycles. The van der Waals surface area contributed by atoms with Crippen LogP contribution in [0.15, 0.2) is 49.1 Å². The topological polar surface area (TPSA) is 43.1 Å². The van der Waals surface area contributed by atoms with Gasteiger partial charge in [-0.1, -0.05) is 6.92 Å². The molecule has 0 radical (unpaired) electrons. The Hall–Kier alpha value is -2.23. The molecule has 2 rings (SSSR count). The normalized spacial score (nSPS) is 10.2. The Balaban J connectivity index is 1.99. The number of ether oxygens (including phenoxy) is 1. The van der Waals surface area contributed by atoms with Gasteiger partial charge in [0, 0.05) is 5.56 Å². The molecule has 0 saturated carbocycles. The Morgan fingerprint density at radius 2 is 1.89 bits per heavy atom. The molecule has 0 fully saturated rings. The molecule has 1 aromatic carbocycles. The molecule has 98 valence electrons. The summed E-state index contributed by atoms with van der Waals surface area (Å²) in [5.74, 6) is 0.869. The standard InChI is InChI=1S/C15H17N2O2/c1-2-11-19-14-5-3-13(4-6-14)15(18)12-17-9-7-16-8-10-17/h3-10H,2,11-12H2,1H3/q+1. The molecule has 0 atom stereocenters. The first-order valence-electron chi connectivity index (χ1n) is 6.34. The number of benzene rings is 1. The van der Waals surface area contributed by atoms with Gasteiger partial charge in [-0.2, -0.15) is 4.57 Å². The van der Waals surface area contributed by atoms with E-state index >= 15 is 0 Å². The average molecular weight is 257 g/mol. The molecule has 4 nitrogen and oxygen atoms in total. The van der Waals surface area contributed by atoms with Crippen molar-refractivity contribution in [2.45, 2.75) is 19.9 Å². The van der Waals surface area contributed by atoms with E-state index in [0.29, 0.717) is 18.7 Å². The second kappa shape index (κ2) is 6.64. The van der Waals surface area contributed by atoms with E-state index in [1.165, 1.54) is 0 Å². The third-order valence-corrected chi connectivity index (χ3v) is 2.66. The van der Waals surface area contributed by atoms with Crippen molar-refractivity contribution in [2.75, 3.05) is 6.61 Å². The van der Waals surface area contributed by atoms with Gasteiger partial charge in [-0.15, -0.1) is 0 Å². The zero-order valence-corrected chi connectivity index (χ0v) is 11.0. The second-order valence-corrected chi connectivity index (χ2v) is 4.21. The van der Waals surface area contributed by atoms with Gasteiger partial charge in [0.2, 0.25) is 12.3 Å². The number of nitrogens with zero attached hydrogens (tertiary/aromatic N) is 2. The monoisotopic (exact) mass is 257 g/mol. The summed E-state index contributed by atoms with van der Waals surface area (Å²) in [6, 6.07) is 7.27. The quantitative estimate of drug-likeness (QED) is 0.587. The summed E-state index contributed by atoms with van der Waals surface area (Å²) in [6.45, 7) is 3.07. The van der Waals surface area contributed by atoms with Crippen molar-refractivity contribution in [1.29, 1.82) is 0 Å². The van der Waals surface area contributed by atoms with Crippen molar-refractivity contribution in [2.24, 2.45) is 0 Å². The lowest BCUT2D eigenvalue weighted by molar-refractivity contribution is -0.683. The predicted octanol–water partition coefficient (Wildman–Crippen LogP) is 2.04. The fraction of sp³-hybridized carbons (Fsp3) is 0.267. The SMILES string of the molecule is CCCOc1ccc(C(=O)C[n+]2ccncc2)cc1. The summed E-state index contributed by atoms with van der Waals surface area (Å²) in [5, 5.41) is 0. The Morgan fingerprint density at radius 1 is 1.21 bits per heavy atom. The molecule has 19 heavy (non-hydrogen) atoms. The number of carbonyl (C=O) groups is 1. The van der Waals surface area contributed by atoms with Gasteiger partial charge < -0.3 is 4.74 Å². The molecular formula is C15H17N2O2+. The summed E-state index contributed by atoms with van der Waals surface area (Å²) in [4.78, 5) is 16.0. The van der Waals surface area contributed by atoms with Crippen molar-refractivity contribution >= 4 is 5.78 Å². The van der Waals surface area contributed by atoms with E-state index in [-0.39, 0.29) is 5.78 Å². The van der Waals surface area contributed by atoms with E-state index in [2.05, 4.69) is 11.9 Å². The number of hydrogen-bond acceptors (Lipinski definition) is 3. The van der Waals surface area contributed by atoms with Gasteiger partial charge in [0.1, 0.15) is 5.75 Å². The van der Waals surface area contributed by atoms with Gasteiger partial charge in [-0.05, 0) is 30.7 Å². The Morgan fingerprint density at radius 3 is 2.53 bits per heavy atom. The smallest absolute Gasteiger partial charge is 0.227 e. The highest BCUT2D eigenvalue weighted by molar-refractivity contribution is 5.95. The third-order valence-electron chi connectivity index (χ3n) is 2.66. The lowest BCUT2D eigenvalue weighted by Crippen LogP contribution is -2.37. The number of hydrogen-bond donors (Lipinski definition) is 0. The number of aromatic nitrogens is 2. The van der Waals surface area contributed by atoms with Gasteiger partial charge in [0.05, 0.1) is 19.0 Å². The largest absolute Gasteiger partial charge is 0.494 e. The van der Waals surface area contributed by atoms with Crippen LogP contribution in [0.1, 0.15) is 23.7 Å². The van der Waals surface area contributed by atoms with E-state index in [1.807, 2.05) is 12.1 Å². The van der Waals surface area contributed by atoms with Crippen molar-refractivity contribution in [3.63, 3.8) is 0 Å². The number of rotatable bonds is 6. The molecule has 0 bridgehead atoms. The molecule has 0 aliphatic rings. The average Bonchev–Trinajstić information content (AvgIpc) is 2.46. The van der Waals surface area contributed by atoms with Crippen LogP contribution in [-0.4, -0.2) is 17.4 Å². The Bertz CT molecular complexity index is 524. The van der Waals surface area contributed by atoms with E-state index in [0.717, 1.165) is 12.2 Å². The number of ketones is 1. The van der Waals surface area contributed by atoms with Crippen LogP contribution in [0, 0.1) is 0 Å². The highest BCUT2D eigenvalue weighted by atomic mass is 16.5. The van der Waals surface area contributed by atoms with Gasteiger partial charge >= 0.3 is 0 Å². The summed E-state index contributed by atoms with van der Waals surface area (Å²) < 4.78 is 7.29. The van der Waals surface area contributed by atoms with E-state index < -0.39 is 0 Å². The van der Waals surface area contributed by atoms with Crippen molar-refractivity contribution < 1.29 is 14.1 Å². The van der Waals surface area contributed by atoms with Crippen LogP contribution < -0.4 is 9.30 Å². The molecule has 0 N–H and O–H groups in total. The van der Waals surface area contributed by atoms with Crippen molar-refractivity contribution in [3.8, 4) is 5.75 Å². The maximum absolute atomic E-state index is 12.1. The summed E-state index contributed by atoms with van der Waals surface area (Å²) in [7, 11) is 0. The fourth-order valence-corrected chi connectivity index (χ4v) is 1.67. The number of Topliss-reactive ketones (excluding diaryl/α,β-unsaturated/α-hetero) is 1. The highest BCUT2D eigenvalue weighted by Crippen LogP contribution is 2.12. The Labute approximate surface area is 112 Å². The summed E-state index contributed by atoms with van der Waals surface area (Å²) >= 11 is 0. The Kier molecular flexibility index (Phi) is 4.61. The van der Waals surface area contributed by atoms with Crippen molar-refractivity contribution in [1.82, 2.24) is 4.98 Å². The maximum atomic E-state index is 12.1. The van der Waals surface area contributed by atoms with E-state index in [9.17, 15) is 4.79 Å². The number of carbonyl (C=O) groups excluding carboxylic acids is 1. The van der Waals surface area contributed by atoms with Crippen LogP contribution in [0.4, 0.5) is 0 Å². The first kappa shape index (κ1) is 13.2. The van der Waals surface area contributed by atoms with E-state index in [1.54, 1.807) is 41.5 Å². The van der Waals surface area contributed by atoms with Gasteiger partial charge in [-0.3, -0.25) is 9.78 Å². The molecule has 4 heteroatoms. The molecule has 1 aromatic heterocycles. The molecule has 0 aliphatic carbocycles. The third kappa shape index (κ3) is 3.88. The van der Waals surface area contributed by atoms with Gasteiger partial charge in [0.25, 0.3) is 0 Å². The first-order valence-corrected chi connectivity index (χ1v) is 6.34. The molecule has 2 aromatic rings. The molecule has 0 amide bonds. The second-order valence-electron chi connectivity index (χ2n) is 4.21. The fourth-order valence-electron chi connectivity index (χ4n) is 1.67. The minimum Gasteiger partial charge on any atom is -0.494 e. The zero-order valence-electron chi connectivity index (χ0n) is 11.0. The van der Waals surface area contributed by atoms with Gasteiger partial charge in [-0.25, -0.2) is 0 Å². The van der Waals surface area contributed by atoms with Gasteiger partial charge in [0.15, 0.2) is 12.4 Å². The van der Waals surface area contributed by atoms with Crippen LogP contribution in [0.2, 0.25) is 0 Å². The van der Waals surface area contributed by atoms with Crippen LogP contribution in [-0.2, 0) is 6.54 Å². The van der Waals surface area contributed by atoms with Crippen LogP contribution in [0.5, 0.6) is 5.75 Å². The molecule has 0 aliphatic heterocycles. The highest BCUT2D eigenvalue weighted by Gasteiger charge is 2.11. The van der Waals surface area contributed by atoms with Crippen LogP contribution in [0.25, 0.3) is 0 Å². The van der Waals surface area contributed by atoms with Crippen LogP contribution >= 0.6 is 0 Å². The lowest BCUT2D eigenvalue weighted by atomic mass is 10.1.